The fourth-order valence-electron chi connectivity index (χ4n) is 3.88. The molecule has 0 amide bonds. The number of hydrogen-bond donors (Lipinski definition) is 2. The van der Waals surface area contributed by atoms with Gasteiger partial charge in [-0.1, -0.05) is 6.07 Å². The van der Waals surface area contributed by atoms with Gasteiger partial charge in [-0.2, -0.15) is 0 Å². The van der Waals surface area contributed by atoms with Crippen LogP contribution in [0.4, 0.5) is 0 Å². The largest absolute Gasteiger partial charge is 0.493 e. The lowest BCUT2D eigenvalue weighted by Crippen LogP contribution is -2.43. The molecule has 2 aromatic rings. The van der Waals surface area contributed by atoms with Crippen LogP contribution in [0.3, 0.4) is 0 Å². The van der Waals surface area contributed by atoms with E-state index in [1.54, 1.807) is 25.6 Å². The Morgan fingerprint density at radius 2 is 1.94 bits per heavy atom. The standard InChI is InChI=1S/C23H35N5O2S.HI/c1-17-27-20(16-31-17)15-28-11-8-19(9-12-28)14-26-23(24-2)25-10-7-18-5-6-21(29-3)22(13-18)30-4;/h5-6,13,16,19H,7-12,14-15H2,1-4H3,(H2,24,25,26);1H. The van der Waals surface area contributed by atoms with Crippen molar-refractivity contribution >= 4 is 41.3 Å². The maximum absolute atomic E-state index is 5.39. The second kappa shape index (κ2) is 13.8. The molecular weight excluding hydrogens is 537 g/mol. The van der Waals surface area contributed by atoms with Crippen LogP contribution in [0.15, 0.2) is 28.6 Å². The van der Waals surface area contributed by atoms with Gasteiger partial charge in [0.15, 0.2) is 17.5 Å². The lowest BCUT2D eigenvalue weighted by Gasteiger charge is -2.31. The van der Waals surface area contributed by atoms with Crippen LogP contribution in [0.1, 0.15) is 29.1 Å². The molecule has 1 aliphatic heterocycles. The number of nitrogens with one attached hydrogen (secondary N) is 2. The highest BCUT2D eigenvalue weighted by atomic mass is 127. The van der Waals surface area contributed by atoms with Gasteiger partial charge in [-0.25, -0.2) is 4.98 Å². The van der Waals surface area contributed by atoms with Crippen LogP contribution in [0.2, 0.25) is 0 Å². The molecule has 0 bridgehead atoms. The Hall–Kier alpha value is -1.59. The number of rotatable bonds is 9. The minimum Gasteiger partial charge on any atom is -0.493 e. The van der Waals surface area contributed by atoms with Crippen molar-refractivity contribution in [2.24, 2.45) is 10.9 Å². The average molecular weight is 574 g/mol. The Balaban J connectivity index is 0.00000363. The van der Waals surface area contributed by atoms with Gasteiger partial charge in [0.2, 0.25) is 0 Å². The highest BCUT2D eigenvalue weighted by Crippen LogP contribution is 2.27. The summed E-state index contributed by atoms with van der Waals surface area (Å²) in [5.41, 5.74) is 2.40. The van der Waals surface area contributed by atoms with Crippen molar-refractivity contribution in [3.8, 4) is 11.5 Å². The molecule has 1 aliphatic rings. The van der Waals surface area contributed by atoms with E-state index in [0.29, 0.717) is 5.92 Å². The summed E-state index contributed by atoms with van der Waals surface area (Å²) in [6, 6.07) is 6.04. The van der Waals surface area contributed by atoms with Crippen molar-refractivity contribution in [1.82, 2.24) is 20.5 Å². The minimum atomic E-state index is 0. The van der Waals surface area contributed by atoms with Crippen molar-refractivity contribution < 1.29 is 9.47 Å². The van der Waals surface area contributed by atoms with Crippen LogP contribution in [0.25, 0.3) is 0 Å². The Labute approximate surface area is 213 Å². The molecular formula is C23H36IN5O2S. The van der Waals surface area contributed by atoms with Crippen molar-refractivity contribution in [2.75, 3.05) is 47.4 Å². The number of thiazole rings is 1. The maximum Gasteiger partial charge on any atom is 0.190 e. The van der Waals surface area contributed by atoms with Gasteiger partial charge in [0.05, 0.1) is 24.9 Å². The summed E-state index contributed by atoms with van der Waals surface area (Å²) < 4.78 is 10.7. The summed E-state index contributed by atoms with van der Waals surface area (Å²) in [4.78, 5) is 11.5. The van der Waals surface area contributed by atoms with E-state index in [0.717, 1.165) is 61.6 Å². The van der Waals surface area contributed by atoms with Gasteiger partial charge in [-0.3, -0.25) is 9.89 Å². The first-order valence-corrected chi connectivity index (χ1v) is 11.8. The van der Waals surface area contributed by atoms with E-state index in [1.807, 2.05) is 19.2 Å². The highest BCUT2D eigenvalue weighted by molar-refractivity contribution is 14.0. The van der Waals surface area contributed by atoms with Gasteiger partial charge in [0, 0.05) is 32.1 Å². The minimum absolute atomic E-state index is 0. The zero-order valence-corrected chi connectivity index (χ0v) is 22.7. The number of ether oxygens (including phenoxy) is 2. The van der Waals surface area contributed by atoms with Crippen molar-refractivity contribution in [3.05, 3.63) is 39.8 Å². The first kappa shape index (κ1) is 26.7. The molecule has 1 fully saturated rings. The third-order valence-electron chi connectivity index (χ3n) is 5.70. The van der Waals surface area contributed by atoms with Crippen molar-refractivity contribution in [3.63, 3.8) is 0 Å². The molecule has 0 radical (unpaired) electrons. The van der Waals surface area contributed by atoms with Gasteiger partial charge >= 0.3 is 0 Å². The summed E-state index contributed by atoms with van der Waals surface area (Å²) in [6.07, 6.45) is 3.30. The van der Waals surface area contributed by atoms with E-state index in [-0.39, 0.29) is 24.0 Å². The van der Waals surface area contributed by atoms with Crippen LogP contribution in [0.5, 0.6) is 11.5 Å². The van der Waals surface area contributed by atoms with Crippen LogP contribution >= 0.6 is 35.3 Å². The fraction of sp³-hybridized carbons (Fsp3) is 0.565. The van der Waals surface area contributed by atoms with Crippen molar-refractivity contribution in [2.45, 2.75) is 32.7 Å². The smallest absolute Gasteiger partial charge is 0.190 e. The van der Waals surface area contributed by atoms with E-state index in [1.165, 1.54) is 24.1 Å². The first-order valence-electron chi connectivity index (χ1n) is 10.9. The Bertz CT molecular complexity index is 853. The van der Waals surface area contributed by atoms with Gasteiger partial charge in [-0.05, 0) is 62.9 Å². The average Bonchev–Trinajstić information content (AvgIpc) is 3.21. The van der Waals surface area contributed by atoms with Gasteiger partial charge < -0.3 is 20.1 Å². The number of aliphatic imine (C=N–C) groups is 1. The summed E-state index contributed by atoms with van der Waals surface area (Å²) in [5, 5.41) is 10.2. The maximum atomic E-state index is 5.39. The molecule has 1 aromatic carbocycles. The van der Waals surface area contributed by atoms with E-state index < -0.39 is 0 Å². The molecule has 0 spiro atoms. The molecule has 2 heterocycles. The highest BCUT2D eigenvalue weighted by Gasteiger charge is 2.20. The van der Waals surface area contributed by atoms with E-state index in [2.05, 4.69) is 43.9 Å². The number of benzene rings is 1. The van der Waals surface area contributed by atoms with E-state index >= 15 is 0 Å². The summed E-state index contributed by atoms with van der Waals surface area (Å²) in [6.45, 7) is 7.08. The summed E-state index contributed by atoms with van der Waals surface area (Å²) in [7, 11) is 5.14. The van der Waals surface area contributed by atoms with Crippen LogP contribution < -0.4 is 20.1 Å². The number of guanidine groups is 1. The fourth-order valence-corrected chi connectivity index (χ4v) is 4.49. The number of nitrogens with zero attached hydrogens (tertiary/aromatic N) is 3. The van der Waals surface area contributed by atoms with Crippen LogP contribution in [0, 0.1) is 12.8 Å². The summed E-state index contributed by atoms with van der Waals surface area (Å²) >= 11 is 1.74. The van der Waals surface area contributed by atoms with Gasteiger partial charge in [0.25, 0.3) is 0 Å². The molecule has 0 saturated carbocycles. The quantitative estimate of drug-likeness (QED) is 0.271. The Kier molecular flexibility index (Phi) is 11.5. The molecule has 178 valence electrons. The lowest BCUT2D eigenvalue weighted by molar-refractivity contribution is 0.176. The molecule has 1 aromatic heterocycles. The zero-order valence-electron chi connectivity index (χ0n) is 19.5. The third-order valence-corrected chi connectivity index (χ3v) is 6.52. The molecule has 32 heavy (non-hydrogen) atoms. The molecule has 1 saturated heterocycles. The number of methoxy groups -OCH3 is 2. The molecule has 0 unspecified atom stereocenters. The van der Waals surface area contributed by atoms with Crippen LogP contribution in [-0.2, 0) is 13.0 Å². The number of likely N-dealkylation sites (tertiary alicyclic amines) is 1. The number of halogens is 1. The molecule has 2 N–H and O–H groups in total. The number of aromatic nitrogens is 1. The molecule has 9 heteroatoms. The van der Waals surface area contributed by atoms with Crippen molar-refractivity contribution in [1.29, 1.82) is 0 Å². The molecule has 7 nitrogen and oxygen atoms in total. The zero-order chi connectivity index (χ0) is 22.1. The normalized spacial score (nSPS) is 15.2. The Morgan fingerprint density at radius 3 is 2.56 bits per heavy atom. The monoisotopic (exact) mass is 573 g/mol. The van der Waals surface area contributed by atoms with Crippen LogP contribution in [-0.4, -0.2) is 63.3 Å². The summed E-state index contributed by atoms with van der Waals surface area (Å²) in [5.74, 6) is 3.06. The van der Waals surface area contributed by atoms with Gasteiger partial charge in [0.1, 0.15) is 0 Å². The SMILES string of the molecule is CN=C(NCCc1ccc(OC)c(OC)c1)NCC1CCN(Cc2csc(C)n2)CC1.I. The second-order valence-electron chi connectivity index (χ2n) is 7.90. The number of aryl methyl sites for hydroxylation is 1. The molecule has 0 aliphatic carbocycles. The molecule has 3 rings (SSSR count). The third kappa shape index (κ3) is 8.08. The predicted octanol–water partition coefficient (Wildman–Crippen LogP) is 3.71. The number of piperidine rings is 1. The number of hydrogen-bond acceptors (Lipinski definition) is 6. The second-order valence-corrected chi connectivity index (χ2v) is 8.96. The Morgan fingerprint density at radius 1 is 1.19 bits per heavy atom. The topological polar surface area (TPSA) is 71.0 Å². The first-order chi connectivity index (χ1) is 15.1. The predicted molar refractivity (Wildman–Crippen MR) is 143 cm³/mol. The van der Waals surface area contributed by atoms with Gasteiger partial charge in [-0.15, -0.1) is 35.3 Å². The van der Waals surface area contributed by atoms with E-state index in [9.17, 15) is 0 Å². The van der Waals surface area contributed by atoms with E-state index in [4.69, 9.17) is 9.47 Å². The molecule has 0 atom stereocenters. The lowest BCUT2D eigenvalue weighted by atomic mass is 9.97.